The molecule has 4 rings (SSSR count). The summed E-state index contributed by atoms with van der Waals surface area (Å²) >= 11 is 0. The van der Waals surface area contributed by atoms with Gasteiger partial charge >= 0.3 is 11.9 Å². The number of carbonyl (C=O) groups excluding carboxylic acids is 2. The van der Waals surface area contributed by atoms with Crippen molar-refractivity contribution in [2.24, 2.45) is 5.41 Å². The molecule has 4 nitrogen and oxygen atoms in total. The summed E-state index contributed by atoms with van der Waals surface area (Å²) in [6, 6.07) is 6.02. The SMILES string of the molecule is CCCC12CCC3=C(CCc4cc(OC(C)=O)ccc43)C1=CCC2OC(C)=O. The first-order valence-electron chi connectivity index (χ1n) is 10.4. The minimum atomic E-state index is -0.287. The highest BCUT2D eigenvalue weighted by atomic mass is 16.5. The molecule has 0 heterocycles. The maximum absolute atomic E-state index is 11.7. The van der Waals surface area contributed by atoms with Crippen LogP contribution in [0, 0.1) is 5.41 Å². The molecule has 0 N–H and O–H groups in total. The maximum atomic E-state index is 11.7. The van der Waals surface area contributed by atoms with Gasteiger partial charge in [-0.3, -0.25) is 9.59 Å². The Bertz CT molecular complexity index is 892. The van der Waals surface area contributed by atoms with Gasteiger partial charge in [-0.05, 0) is 72.1 Å². The first-order chi connectivity index (χ1) is 13.4. The van der Waals surface area contributed by atoms with Crippen molar-refractivity contribution < 1.29 is 19.1 Å². The quantitative estimate of drug-likeness (QED) is 0.535. The van der Waals surface area contributed by atoms with E-state index in [9.17, 15) is 9.59 Å². The average molecular weight is 380 g/mol. The lowest BCUT2D eigenvalue weighted by Gasteiger charge is -2.44. The van der Waals surface area contributed by atoms with Gasteiger partial charge in [-0.15, -0.1) is 0 Å². The Hall–Kier alpha value is -2.36. The monoisotopic (exact) mass is 380 g/mol. The van der Waals surface area contributed by atoms with Gasteiger partial charge in [-0.25, -0.2) is 0 Å². The number of allylic oxidation sites excluding steroid dienone is 2. The van der Waals surface area contributed by atoms with Crippen molar-refractivity contribution in [3.05, 3.63) is 46.5 Å². The molecular weight excluding hydrogens is 352 g/mol. The number of fused-ring (bicyclic) bond motifs is 4. The van der Waals surface area contributed by atoms with Crippen LogP contribution in [0.2, 0.25) is 0 Å². The highest BCUT2D eigenvalue weighted by Crippen LogP contribution is 2.58. The summed E-state index contributed by atoms with van der Waals surface area (Å²) in [7, 11) is 0. The van der Waals surface area contributed by atoms with Crippen molar-refractivity contribution in [1.82, 2.24) is 0 Å². The van der Waals surface area contributed by atoms with Gasteiger partial charge in [0.15, 0.2) is 0 Å². The Morgan fingerprint density at radius 1 is 1.11 bits per heavy atom. The Kier molecular flexibility index (Phi) is 4.90. The van der Waals surface area contributed by atoms with Crippen molar-refractivity contribution in [2.75, 3.05) is 0 Å². The molecule has 28 heavy (non-hydrogen) atoms. The largest absolute Gasteiger partial charge is 0.461 e. The number of hydrogen-bond donors (Lipinski definition) is 0. The average Bonchev–Trinajstić information content (AvgIpc) is 2.99. The number of carbonyl (C=O) groups is 2. The molecule has 0 radical (unpaired) electrons. The topological polar surface area (TPSA) is 52.6 Å². The molecule has 0 spiro atoms. The van der Waals surface area contributed by atoms with Gasteiger partial charge in [0.1, 0.15) is 11.9 Å². The van der Waals surface area contributed by atoms with Crippen LogP contribution in [0.3, 0.4) is 0 Å². The molecule has 0 amide bonds. The van der Waals surface area contributed by atoms with Crippen LogP contribution in [-0.4, -0.2) is 18.0 Å². The number of aryl methyl sites for hydroxylation is 1. The van der Waals surface area contributed by atoms with E-state index in [2.05, 4.69) is 19.1 Å². The molecule has 0 bridgehead atoms. The van der Waals surface area contributed by atoms with E-state index in [0.29, 0.717) is 5.75 Å². The third kappa shape index (κ3) is 3.09. The summed E-state index contributed by atoms with van der Waals surface area (Å²) in [6.45, 7) is 5.16. The van der Waals surface area contributed by atoms with Crippen LogP contribution in [0.25, 0.3) is 5.57 Å². The van der Waals surface area contributed by atoms with Crippen molar-refractivity contribution in [2.45, 2.75) is 71.8 Å². The van der Waals surface area contributed by atoms with Crippen LogP contribution in [-0.2, 0) is 20.7 Å². The third-order valence-electron chi connectivity index (χ3n) is 6.51. The van der Waals surface area contributed by atoms with Gasteiger partial charge in [-0.1, -0.05) is 25.5 Å². The molecule has 0 saturated carbocycles. The van der Waals surface area contributed by atoms with Crippen molar-refractivity contribution >= 4 is 17.5 Å². The van der Waals surface area contributed by atoms with E-state index >= 15 is 0 Å². The lowest BCUT2D eigenvalue weighted by molar-refractivity contribution is -0.151. The second-order valence-electron chi connectivity index (χ2n) is 8.23. The molecule has 1 aromatic carbocycles. The summed E-state index contributed by atoms with van der Waals surface area (Å²) in [5.41, 5.74) is 6.85. The molecule has 3 aliphatic rings. The Morgan fingerprint density at radius 3 is 2.64 bits per heavy atom. The van der Waals surface area contributed by atoms with Crippen LogP contribution in [0.15, 0.2) is 35.4 Å². The minimum Gasteiger partial charge on any atom is -0.461 e. The maximum Gasteiger partial charge on any atom is 0.308 e. The Labute approximate surface area is 166 Å². The summed E-state index contributed by atoms with van der Waals surface area (Å²) in [4.78, 5) is 22.9. The number of ether oxygens (including phenoxy) is 2. The van der Waals surface area contributed by atoms with Crippen molar-refractivity contribution in [3.8, 4) is 5.75 Å². The van der Waals surface area contributed by atoms with Gasteiger partial charge in [0.2, 0.25) is 0 Å². The summed E-state index contributed by atoms with van der Waals surface area (Å²) in [6.07, 6.45) is 9.24. The molecule has 2 atom stereocenters. The smallest absolute Gasteiger partial charge is 0.308 e. The van der Waals surface area contributed by atoms with Gasteiger partial charge < -0.3 is 9.47 Å². The van der Waals surface area contributed by atoms with Crippen LogP contribution in [0.5, 0.6) is 5.75 Å². The number of esters is 2. The van der Waals surface area contributed by atoms with E-state index in [-0.39, 0.29) is 23.5 Å². The fourth-order valence-corrected chi connectivity index (χ4v) is 5.58. The predicted molar refractivity (Wildman–Crippen MR) is 108 cm³/mol. The summed E-state index contributed by atoms with van der Waals surface area (Å²) in [5.74, 6) is 0.161. The van der Waals surface area contributed by atoms with E-state index in [4.69, 9.17) is 9.47 Å². The fraction of sp³-hybridized carbons (Fsp3) is 0.500. The second kappa shape index (κ2) is 7.23. The third-order valence-corrected chi connectivity index (χ3v) is 6.51. The zero-order valence-electron chi connectivity index (χ0n) is 17.0. The first-order valence-corrected chi connectivity index (χ1v) is 10.4. The molecule has 0 aromatic heterocycles. The van der Waals surface area contributed by atoms with Crippen LogP contribution < -0.4 is 4.74 Å². The van der Waals surface area contributed by atoms with Gasteiger partial charge in [-0.2, -0.15) is 0 Å². The lowest BCUT2D eigenvalue weighted by Crippen LogP contribution is -2.39. The zero-order chi connectivity index (χ0) is 19.9. The number of hydrogen-bond acceptors (Lipinski definition) is 4. The molecule has 2 unspecified atom stereocenters. The first kappa shape index (κ1) is 19.0. The molecule has 0 aliphatic heterocycles. The van der Waals surface area contributed by atoms with Crippen molar-refractivity contribution in [3.63, 3.8) is 0 Å². The van der Waals surface area contributed by atoms with Crippen LogP contribution >= 0.6 is 0 Å². The Balaban J connectivity index is 1.71. The van der Waals surface area contributed by atoms with Gasteiger partial charge in [0.05, 0.1) is 0 Å². The van der Waals surface area contributed by atoms with E-state index in [1.54, 1.807) is 0 Å². The van der Waals surface area contributed by atoms with E-state index in [1.165, 1.54) is 41.7 Å². The normalized spacial score (nSPS) is 25.4. The van der Waals surface area contributed by atoms with E-state index in [0.717, 1.165) is 44.9 Å². The zero-order valence-corrected chi connectivity index (χ0v) is 17.0. The van der Waals surface area contributed by atoms with Crippen LogP contribution in [0.4, 0.5) is 0 Å². The molecule has 0 fully saturated rings. The molecule has 148 valence electrons. The molecule has 4 heteroatoms. The van der Waals surface area contributed by atoms with Crippen molar-refractivity contribution in [1.29, 1.82) is 0 Å². The second-order valence-corrected chi connectivity index (χ2v) is 8.23. The molecule has 1 aromatic rings. The summed E-state index contributed by atoms with van der Waals surface area (Å²) in [5, 5.41) is 0. The number of rotatable bonds is 4. The predicted octanol–water partition coefficient (Wildman–Crippen LogP) is 5.15. The highest BCUT2D eigenvalue weighted by Gasteiger charge is 2.50. The fourth-order valence-electron chi connectivity index (χ4n) is 5.58. The van der Waals surface area contributed by atoms with Gasteiger partial charge in [0, 0.05) is 25.7 Å². The minimum absolute atomic E-state index is 0.0194. The van der Waals surface area contributed by atoms with E-state index in [1.807, 2.05) is 12.1 Å². The highest BCUT2D eigenvalue weighted by molar-refractivity contribution is 5.80. The van der Waals surface area contributed by atoms with Crippen LogP contribution in [0.1, 0.15) is 70.4 Å². The standard InChI is InChI=1S/C24H28O4/c1-4-12-24-13-11-20-19-8-6-18(27-15(2)25)14-17(19)5-7-21(20)22(24)9-10-23(24)28-16(3)26/h6,8-9,14,23H,4-5,7,10-13H2,1-3H3. The van der Waals surface area contributed by atoms with Gasteiger partial charge in [0.25, 0.3) is 0 Å². The van der Waals surface area contributed by atoms with E-state index < -0.39 is 0 Å². The summed E-state index contributed by atoms with van der Waals surface area (Å²) < 4.78 is 11.0. The molecule has 3 aliphatic carbocycles. The Morgan fingerprint density at radius 2 is 1.93 bits per heavy atom. The lowest BCUT2D eigenvalue weighted by atomic mass is 9.62. The number of benzene rings is 1. The molecule has 0 saturated heterocycles. The molecular formula is C24H28O4.